The van der Waals surface area contributed by atoms with Gasteiger partial charge >= 0.3 is 0 Å². The highest BCUT2D eigenvalue weighted by Crippen LogP contribution is 2.24. The highest BCUT2D eigenvalue weighted by molar-refractivity contribution is 14.1. The van der Waals surface area contributed by atoms with Gasteiger partial charge in [-0.3, -0.25) is 0 Å². The third-order valence-corrected chi connectivity index (χ3v) is 3.04. The number of benzene rings is 1. The van der Waals surface area contributed by atoms with Crippen molar-refractivity contribution in [3.05, 3.63) is 33.1 Å². The molecular formula is C10H13FINO. The molecule has 0 aliphatic carbocycles. The third kappa shape index (κ3) is 2.65. The maximum Gasteiger partial charge on any atom is 0.136 e. The van der Waals surface area contributed by atoms with E-state index >= 15 is 0 Å². The molecule has 2 nitrogen and oxygen atoms in total. The number of halogens is 2. The number of aliphatic hydroxyl groups is 1. The minimum absolute atomic E-state index is 0.0287. The molecule has 1 aromatic rings. The Morgan fingerprint density at radius 2 is 2.21 bits per heavy atom. The molecule has 3 N–H and O–H groups in total. The summed E-state index contributed by atoms with van der Waals surface area (Å²) in [6.45, 7) is 1.85. The summed E-state index contributed by atoms with van der Waals surface area (Å²) in [6, 6.07) is 4.78. The van der Waals surface area contributed by atoms with Gasteiger partial charge in [-0.05, 0) is 53.6 Å². The van der Waals surface area contributed by atoms with E-state index < -0.39 is 5.54 Å². The minimum atomic E-state index is -0.595. The Balaban J connectivity index is 3.01. The molecule has 0 amide bonds. The summed E-state index contributed by atoms with van der Waals surface area (Å²) in [5, 5.41) is 8.83. The van der Waals surface area contributed by atoms with Crippen LogP contribution in [0.25, 0.3) is 0 Å². The van der Waals surface area contributed by atoms with Gasteiger partial charge in [0.2, 0.25) is 0 Å². The molecule has 0 aromatic heterocycles. The zero-order valence-electron chi connectivity index (χ0n) is 7.93. The summed E-state index contributed by atoms with van der Waals surface area (Å²) in [7, 11) is 0. The first kappa shape index (κ1) is 11.9. The van der Waals surface area contributed by atoms with E-state index in [1.807, 2.05) is 29.5 Å². The molecule has 1 aromatic carbocycles. The topological polar surface area (TPSA) is 46.2 Å². The summed E-state index contributed by atoms with van der Waals surface area (Å²) in [5.74, 6) is -0.242. The predicted octanol–water partition coefficient (Wildman–Crippen LogP) is 1.99. The molecule has 14 heavy (non-hydrogen) atoms. The lowest BCUT2D eigenvalue weighted by atomic mass is 9.90. The Morgan fingerprint density at radius 3 is 2.71 bits per heavy atom. The molecule has 0 spiro atoms. The standard InChI is InChI=1S/C10H13FINO/c1-10(13,4-5-14)7-2-3-8(11)9(12)6-7/h2-3,6,14H,4-5,13H2,1H3/t10-/m0/s1. The van der Waals surface area contributed by atoms with Crippen molar-refractivity contribution in [3.8, 4) is 0 Å². The molecule has 0 saturated heterocycles. The first-order chi connectivity index (χ1) is 6.47. The van der Waals surface area contributed by atoms with Gasteiger partial charge in [-0.2, -0.15) is 0 Å². The smallest absolute Gasteiger partial charge is 0.136 e. The molecule has 0 bridgehead atoms. The van der Waals surface area contributed by atoms with Crippen LogP contribution in [0.2, 0.25) is 0 Å². The van der Waals surface area contributed by atoms with E-state index in [1.165, 1.54) is 6.07 Å². The van der Waals surface area contributed by atoms with Gasteiger partial charge in [0.15, 0.2) is 0 Å². The quantitative estimate of drug-likeness (QED) is 0.839. The highest BCUT2D eigenvalue weighted by atomic mass is 127. The number of hydrogen-bond donors (Lipinski definition) is 2. The molecule has 0 unspecified atom stereocenters. The number of aliphatic hydroxyl groups excluding tert-OH is 1. The molecule has 78 valence electrons. The van der Waals surface area contributed by atoms with Crippen LogP contribution in [-0.2, 0) is 5.54 Å². The third-order valence-electron chi connectivity index (χ3n) is 2.21. The lowest BCUT2D eigenvalue weighted by Gasteiger charge is -2.24. The Morgan fingerprint density at radius 1 is 1.57 bits per heavy atom. The minimum Gasteiger partial charge on any atom is -0.396 e. The van der Waals surface area contributed by atoms with Crippen molar-refractivity contribution in [1.29, 1.82) is 0 Å². The van der Waals surface area contributed by atoms with Gasteiger partial charge in [0, 0.05) is 15.7 Å². The van der Waals surface area contributed by atoms with Crippen LogP contribution in [0, 0.1) is 9.39 Å². The van der Waals surface area contributed by atoms with Crippen molar-refractivity contribution < 1.29 is 9.50 Å². The number of hydrogen-bond acceptors (Lipinski definition) is 2. The maximum absolute atomic E-state index is 13.0. The van der Waals surface area contributed by atoms with Crippen LogP contribution in [0.5, 0.6) is 0 Å². The van der Waals surface area contributed by atoms with Crippen LogP contribution in [0.4, 0.5) is 4.39 Å². The molecular weight excluding hydrogens is 296 g/mol. The van der Waals surface area contributed by atoms with Crippen LogP contribution in [0.1, 0.15) is 18.9 Å². The van der Waals surface area contributed by atoms with Crippen molar-refractivity contribution in [2.75, 3.05) is 6.61 Å². The van der Waals surface area contributed by atoms with E-state index in [4.69, 9.17) is 10.8 Å². The molecule has 1 rings (SSSR count). The van der Waals surface area contributed by atoms with Gasteiger partial charge in [-0.15, -0.1) is 0 Å². The SMILES string of the molecule is C[C@](N)(CCO)c1ccc(F)c(I)c1. The average Bonchev–Trinajstić information content (AvgIpc) is 2.09. The van der Waals surface area contributed by atoms with Crippen LogP contribution in [0.3, 0.4) is 0 Å². The molecule has 0 heterocycles. The monoisotopic (exact) mass is 309 g/mol. The molecule has 0 fully saturated rings. The fraction of sp³-hybridized carbons (Fsp3) is 0.400. The van der Waals surface area contributed by atoms with Crippen LogP contribution < -0.4 is 5.73 Å². The first-order valence-electron chi connectivity index (χ1n) is 4.32. The van der Waals surface area contributed by atoms with Gasteiger partial charge in [0.05, 0.1) is 0 Å². The summed E-state index contributed by atoms with van der Waals surface area (Å²) in [5.41, 5.74) is 6.23. The van der Waals surface area contributed by atoms with Gasteiger partial charge in [0.25, 0.3) is 0 Å². The number of rotatable bonds is 3. The maximum atomic E-state index is 13.0. The second kappa shape index (κ2) is 4.55. The van der Waals surface area contributed by atoms with Crippen molar-refractivity contribution in [1.82, 2.24) is 0 Å². The normalized spacial score (nSPS) is 15.2. The summed E-state index contributed by atoms with van der Waals surface area (Å²) >= 11 is 1.93. The lowest BCUT2D eigenvalue weighted by molar-refractivity contribution is 0.247. The largest absolute Gasteiger partial charge is 0.396 e. The van der Waals surface area contributed by atoms with Crippen molar-refractivity contribution in [3.63, 3.8) is 0 Å². The summed E-state index contributed by atoms with van der Waals surface area (Å²) < 4.78 is 13.5. The zero-order chi connectivity index (χ0) is 10.8. The molecule has 0 saturated carbocycles. The van der Waals surface area contributed by atoms with Gasteiger partial charge in [0.1, 0.15) is 5.82 Å². The van der Waals surface area contributed by atoms with E-state index in [1.54, 1.807) is 12.1 Å². The molecule has 0 aliphatic heterocycles. The fourth-order valence-corrected chi connectivity index (χ4v) is 1.74. The van der Waals surface area contributed by atoms with Crippen LogP contribution in [-0.4, -0.2) is 11.7 Å². The molecule has 1 atom stereocenters. The van der Waals surface area contributed by atoms with Gasteiger partial charge in [-0.1, -0.05) is 6.07 Å². The Labute approximate surface area is 96.5 Å². The lowest BCUT2D eigenvalue weighted by Crippen LogP contribution is -2.34. The van der Waals surface area contributed by atoms with Crippen molar-refractivity contribution >= 4 is 22.6 Å². The molecule has 0 aliphatic rings. The van der Waals surface area contributed by atoms with Crippen LogP contribution in [0.15, 0.2) is 18.2 Å². The van der Waals surface area contributed by atoms with Crippen molar-refractivity contribution in [2.45, 2.75) is 18.9 Å². The first-order valence-corrected chi connectivity index (χ1v) is 5.40. The Hall–Kier alpha value is -0.200. The second-order valence-corrected chi connectivity index (χ2v) is 4.68. The highest BCUT2D eigenvalue weighted by Gasteiger charge is 2.21. The van der Waals surface area contributed by atoms with E-state index in [-0.39, 0.29) is 12.4 Å². The fourth-order valence-electron chi connectivity index (χ4n) is 1.23. The number of nitrogens with two attached hydrogens (primary N) is 1. The van der Waals surface area contributed by atoms with E-state index in [9.17, 15) is 4.39 Å². The van der Waals surface area contributed by atoms with Gasteiger partial charge < -0.3 is 10.8 Å². The average molecular weight is 309 g/mol. The van der Waals surface area contributed by atoms with Crippen molar-refractivity contribution in [2.24, 2.45) is 5.73 Å². The van der Waals surface area contributed by atoms with E-state index in [2.05, 4.69) is 0 Å². The molecule has 0 radical (unpaired) electrons. The Kier molecular flexibility index (Phi) is 3.86. The molecule has 4 heteroatoms. The summed E-state index contributed by atoms with van der Waals surface area (Å²) in [6.07, 6.45) is 0.467. The van der Waals surface area contributed by atoms with E-state index in [0.717, 1.165) is 5.56 Å². The van der Waals surface area contributed by atoms with E-state index in [0.29, 0.717) is 9.99 Å². The van der Waals surface area contributed by atoms with Crippen LogP contribution >= 0.6 is 22.6 Å². The zero-order valence-corrected chi connectivity index (χ0v) is 10.1. The second-order valence-electron chi connectivity index (χ2n) is 3.52. The predicted molar refractivity (Wildman–Crippen MR) is 62.4 cm³/mol. The Bertz CT molecular complexity index is 328. The summed E-state index contributed by atoms with van der Waals surface area (Å²) in [4.78, 5) is 0. The van der Waals surface area contributed by atoms with Gasteiger partial charge in [-0.25, -0.2) is 4.39 Å².